The van der Waals surface area contributed by atoms with Crippen LogP contribution in [0, 0.1) is 0 Å². The first-order valence-corrected chi connectivity index (χ1v) is 8.89. The average Bonchev–Trinajstić information content (AvgIpc) is 3.07. The zero-order chi connectivity index (χ0) is 16.9. The van der Waals surface area contributed by atoms with Gasteiger partial charge in [-0.25, -0.2) is 4.98 Å². The lowest BCUT2D eigenvalue weighted by Crippen LogP contribution is -2.32. The highest BCUT2D eigenvalue weighted by Crippen LogP contribution is 2.21. The zero-order valence-corrected chi connectivity index (χ0v) is 14.1. The van der Waals surface area contributed by atoms with Gasteiger partial charge in [0.2, 0.25) is 5.91 Å². The molecule has 1 amide bonds. The van der Waals surface area contributed by atoms with Gasteiger partial charge in [0, 0.05) is 17.8 Å². The van der Waals surface area contributed by atoms with E-state index in [1.54, 1.807) is 11.0 Å². The molecule has 0 atom stereocenters. The molecule has 2 aromatic rings. The van der Waals surface area contributed by atoms with E-state index < -0.39 is 0 Å². The summed E-state index contributed by atoms with van der Waals surface area (Å²) in [4.78, 5) is 33.5. The Morgan fingerprint density at radius 1 is 1.33 bits per heavy atom. The van der Waals surface area contributed by atoms with Crippen molar-refractivity contribution in [1.82, 2.24) is 9.97 Å². The lowest BCUT2D eigenvalue weighted by Gasteiger charge is -2.21. The fourth-order valence-corrected chi connectivity index (χ4v) is 3.54. The summed E-state index contributed by atoms with van der Waals surface area (Å²) in [6, 6.07) is 9.48. The van der Waals surface area contributed by atoms with Gasteiger partial charge in [0.25, 0.3) is 5.56 Å². The molecule has 1 heterocycles. The standard InChI is InChI=1S/C18H19N3O2S/c1-2-11-21(13-7-4-3-5-8-13)16(22)12-24-18-19-15-10-6-9-14(15)17(23)20-18/h2-5,7-8H,1,6,9-12H2,(H,19,20,23). The molecule has 0 saturated carbocycles. The number of carbonyl (C=O) groups excluding carboxylic acids is 1. The van der Waals surface area contributed by atoms with Gasteiger partial charge in [-0.05, 0) is 31.4 Å². The van der Waals surface area contributed by atoms with Crippen LogP contribution in [0.4, 0.5) is 5.69 Å². The lowest BCUT2D eigenvalue weighted by atomic mass is 10.3. The van der Waals surface area contributed by atoms with Crippen molar-refractivity contribution >= 4 is 23.4 Å². The fraction of sp³-hybridized carbons (Fsp3) is 0.278. The third kappa shape index (κ3) is 3.59. The third-order valence-corrected chi connectivity index (χ3v) is 4.79. The molecule has 0 saturated heterocycles. The number of para-hydroxylation sites is 1. The van der Waals surface area contributed by atoms with Crippen molar-refractivity contribution in [2.75, 3.05) is 17.2 Å². The Bertz CT molecular complexity index is 802. The summed E-state index contributed by atoms with van der Waals surface area (Å²) in [5, 5.41) is 0.514. The van der Waals surface area contributed by atoms with Crippen LogP contribution < -0.4 is 10.5 Å². The number of H-pyrrole nitrogens is 1. The van der Waals surface area contributed by atoms with E-state index >= 15 is 0 Å². The monoisotopic (exact) mass is 341 g/mol. The quantitative estimate of drug-likeness (QED) is 0.498. The van der Waals surface area contributed by atoms with E-state index in [-0.39, 0.29) is 17.2 Å². The number of fused-ring (bicyclic) bond motifs is 1. The number of hydrogen-bond acceptors (Lipinski definition) is 4. The van der Waals surface area contributed by atoms with Crippen molar-refractivity contribution < 1.29 is 4.79 Å². The Balaban J connectivity index is 1.71. The van der Waals surface area contributed by atoms with Crippen LogP contribution in [0.1, 0.15) is 17.7 Å². The van der Waals surface area contributed by atoms with Gasteiger partial charge in [-0.3, -0.25) is 9.59 Å². The van der Waals surface area contributed by atoms with E-state index in [4.69, 9.17) is 0 Å². The number of thioether (sulfide) groups is 1. The van der Waals surface area contributed by atoms with Crippen molar-refractivity contribution in [2.45, 2.75) is 24.4 Å². The van der Waals surface area contributed by atoms with Gasteiger partial charge >= 0.3 is 0 Å². The van der Waals surface area contributed by atoms with Gasteiger partial charge in [-0.2, -0.15) is 0 Å². The number of anilines is 1. The largest absolute Gasteiger partial charge is 0.308 e. The molecule has 1 aliphatic rings. The van der Waals surface area contributed by atoms with Gasteiger partial charge in [-0.1, -0.05) is 36.0 Å². The van der Waals surface area contributed by atoms with Crippen LogP contribution in [0.2, 0.25) is 0 Å². The number of aromatic nitrogens is 2. The second-order valence-electron chi connectivity index (χ2n) is 5.57. The summed E-state index contributed by atoms with van der Waals surface area (Å²) in [5.74, 6) is 0.166. The fourth-order valence-electron chi connectivity index (χ4n) is 2.78. The molecule has 5 nitrogen and oxygen atoms in total. The molecule has 0 aliphatic heterocycles. The topological polar surface area (TPSA) is 66.1 Å². The highest BCUT2D eigenvalue weighted by Gasteiger charge is 2.19. The van der Waals surface area contributed by atoms with Crippen LogP contribution in [0.25, 0.3) is 0 Å². The number of hydrogen-bond donors (Lipinski definition) is 1. The van der Waals surface area contributed by atoms with Crippen molar-refractivity contribution in [3.63, 3.8) is 0 Å². The number of carbonyl (C=O) groups is 1. The Hall–Kier alpha value is -2.34. The number of amides is 1. The summed E-state index contributed by atoms with van der Waals surface area (Å²) >= 11 is 1.27. The van der Waals surface area contributed by atoms with E-state index in [1.165, 1.54) is 11.8 Å². The van der Waals surface area contributed by atoms with Crippen molar-refractivity contribution in [1.29, 1.82) is 0 Å². The summed E-state index contributed by atoms with van der Waals surface area (Å²) in [6.45, 7) is 4.16. The molecular weight excluding hydrogens is 322 g/mol. The molecule has 6 heteroatoms. The molecule has 0 spiro atoms. The minimum atomic E-state index is -0.0709. The van der Waals surface area contributed by atoms with Gasteiger partial charge in [0.1, 0.15) is 0 Å². The summed E-state index contributed by atoms with van der Waals surface area (Å²) in [5.41, 5.74) is 2.43. The first-order valence-electron chi connectivity index (χ1n) is 7.90. The molecule has 0 radical (unpaired) electrons. The second kappa shape index (κ2) is 7.49. The van der Waals surface area contributed by atoms with E-state index in [0.717, 1.165) is 36.2 Å². The van der Waals surface area contributed by atoms with E-state index in [2.05, 4.69) is 16.5 Å². The molecule has 3 rings (SSSR count). The average molecular weight is 341 g/mol. The molecule has 0 fully saturated rings. The smallest absolute Gasteiger partial charge is 0.254 e. The zero-order valence-electron chi connectivity index (χ0n) is 13.3. The minimum absolute atomic E-state index is 0.0470. The lowest BCUT2D eigenvalue weighted by molar-refractivity contribution is -0.116. The SMILES string of the molecule is C=CCN(C(=O)CSc1nc2c(c(=O)[nH]1)CCC2)c1ccccc1. The molecular formula is C18H19N3O2S. The molecule has 1 N–H and O–H groups in total. The molecule has 0 unspecified atom stereocenters. The van der Waals surface area contributed by atoms with E-state index in [9.17, 15) is 9.59 Å². The van der Waals surface area contributed by atoms with Crippen LogP contribution >= 0.6 is 11.8 Å². The van der Waals surface area contributed by atoms with Crippen LogP contribution in [0.15, 0.2) is 52.9 Å². The maximum Gasteiger partial charge on any atom is 0.254 e. The van der Waals surface area contributed by atoms with Gasteiger partial charge < -0.3 is 9.88 Å². The number of aryl methyl sites for hydroxylation is 1. The molecule has 124 valence electrons. The highest BCUT2D eigenvalue weighted by atomic mass is 32.2. The van der Waals surface area contributed by atoms with Crippen LogP contribution in [-0.2, 0) is 17.6 Å². The maximum atomic E-state index is 12.6. The van der Waals surface area contributed by atoms with Crippen molar-refractivity contribution in [3.05, 3.63) is 64.6 Å². The molecule has 1 aliphatic carbocycles. The number of nitrogens with zero attached hydrogens (tertiary/aromatic N) is 2. The highest BCUT2D eigenvalue weighted by molar-refractivity contribution is 7.99. The normalized spacial score (nSPS) is 12.7. The molecule has 1 aromatic carbocycles. The Labute approximate surface area is 144 Å². The summed E-state index contributed by atoms with van der Waals surface area (Å²) in [6.07, 6.45) is 4.31. The van der Waals surface area contributed by atoms with E-state index in [0.29, 0.717) is 11.7 Å². The minimum Gasteiger partial charge on any atom is -0.308 e. The number of aromatic amines is 1. The van der Waals surface area contributed by atoms with Crippen LogP contribution in [-0.4, -0.2) is 28.2 Å². The molecule has 1 aromatic heterocycles. The second-order valence-corrected chi connectivity index (χ2v) is 6.53. The predicted molar refractivity (Wildman–Crippen MR) is 96.6 cm³/mol. The van der Waals surface area contributed by atoms with Crippen molar-refractivity contribution in [3.8, 4) is 0 Å². The summed E-state index contributed by atoms with van der Waals surface area (Å²) < 4.78 is 0. The first kappa shape index (κ1) is 16.5. The van der Waals surface area contributed by atoms with Crippen LogP contribution in [0.5, 0.6) is 0 Å². The Kier molecular flexibility index (Phi) is 5.15. The summed E-state index contributed by atoms with van der Waals surface area (Å²) in [7, 11) is 0. The van der Waals surface area contributed by atoms with Gasteiger partial charge in [-0.15, -0.1) is 6.58 Å². The first-order chi connectivity index (χ1) is 11.7. The van der Waals surface area contributed by atoms with Gasteiger partial charge in [0.05, 0.1) is 11.4 Å². The third-order valence-electron chi connectivity index (χ3n) is 3.93. The number of benzene rings is 1. The maximum absolute atomic E-state index is 12.6. The molecule has 0 bridgehead atoms. The van der Waals surface area contributed by atoms with E-state index in [1.807, 2.05) is 30.3 Å². The van der Waals surface area contributed by atoms with Gasteiger partial charge in [0.15, 0.2) is 5.16 Å². The number of rotatable bonds is 6. The van der Waals surface area contributed by atoms with Crippen LogP contribution in [0.3, 0.4) is 0 Å². The predicted octanol–water partition coefficient (Wildman–Crippen LogP) is 2.57. The van der Waals surface area contributed by atoms with Crippen molar-refractivity contribution in [2.24, 2.45) is 0 Å². The Morgan fingerprint density at radius 3 is 2.88 bits per heavy atom. The Morgan fingerprint density at radius 2 is 2.12 bits per heavy atom. The number of nitrogens with one attached hydrogen (secondary N) is 1. The molecule has 24 heavy (non-hydrogen) atoms.